The van der Waals surface area contributed by atoms with Gasteiger partial charge in [0.15, 0.2) is 0 Å². The van der Waals surface area contributed by atoms with E-state index >= 15 is 0 Å². The number of nitro groups is 1. The second kappa shape index (κ2) is 4.67. The van der Waals surface area contributed by atoms with Crippen LogP contribution in [-0.2, 0) is 0 Å². The summed E-state index contributed by atoms with van der Waals surface area (Å²) < 4.78 is 0. The third-order valence-corrected chi connectivity index (χ3v) is 2.28. The van der Waals surface area contributed by atoms with Crippen molar-refractivity contribution in [2.24, 2.45) is 0 Å². The van der Waals surface area contributed by atoms with Gasteiger partial charge in [0.2, 0.25) is 6.20 Å². The lowest BCUT2D eigenvalue weighted by molar-refractivity contribution is -0.401. The van der Waals surface area contributed by atoms with Crippen LogP contribution in [0.15, 0.2) is 36.5 Å². The molecule has 1 rings (SSSR count). The molecule has 1 aromatic rings. The van der Waals surface area contributed by atoms with Crippen LogP contribution in [0.2, 0.25) is 0 Å². The van der Waals surface area contributed by atoms with Gasteiger partial charge >= 0.3 is 0 Å². The number of rotatable bonds is 3. The van der Waals surface area contributed by atoms with Gasteiger partial charge in [-0.2, -0.15) is 0 Å². The highest BCUT2D eigenvalue weighted by atomic mass is 32.2. The van der Waals surface area contributed by atoms with Gasteiger partial charge in [0.05, 0.1) is 9.83 Å². The molecule has 0 unspecified atom stereocenters. The summed E-state index contributed by atoms with van der Waals surface area (Å²) >= 11 is 1.37. The number of hydrogen-bond acceptors (Lipinski definition) is 3. The third-order valence-electron chi connectivity index (χ3n) is 1.50. The van der Waals surface area contributed by atoms with Crippen molar-refractivity contribution in [3.8, 4) is 0 Å². The molecule has 0 saturated carbocycles. The summed E-state index contributed by atoms with van der Waals surface area (Å²) in [6, 6.07) is 9.31. The lowest BCUT2D eigenvalue weighted by Crippen LogP contribution is -1.87. The first kappa shape index (κ1) is 9.80. The van der Waals surface area contributed by atoms with E-state index in [9.17, 15) is 10.1 Å². The second-order valence-corrected chi connectivity index (χ2v) is 3.20. The first-order valence-corrected chi connectivity index (χ1v) is 4.91. The van der Waals surface area contributed by atoms with E-state index in [0.29, 0.717) is 4.91 Å². The minimum absolute atomic E-state index is 0.432. The summed E-state index contributed by atoms with van der Waals surface area (Å²) in [4.78, 5) is 10.5. The fraction of sp³-hybridized carbons (Fsp3) is 0.111. The Hall–Kier alpha value is -1.29. The van der Waals surface area contributed by atoms with Crippen molar-refractivity contribution in [1.29, 1.82) is 0 Å². The van der Waals surface area contributed by atoms with Crippen LogP contribution in [0.3, 0.4) is 0 Å². The Labute approximate surface area is 80.6 Å². The van der Waals surface area contributed by atoms with Crippen LogP contribution in [0.25, 0.3) is 4.91 Å². The molecule has 0 spiro atoms. The van der Waals surface area contributed by atoms with Crippen LogP contribution in [0.5, 0.6) is 0 Å². The van der Waals surface area contributed by atoms with Gasteiger partial charge in [-0.15, -0.1) is 11.8 Å². The molecule has 1 aromatic carbocycles. The fourth-order valence-electron chi connectivity index (χ4n) is 0.943. The Bertz CT molecular complexity index is 322. The topological polar surface area (TPSA) is 43.1 Å². The van der Waals surface area contributed by atoms with Gasteiger partial charge in [0, 0.05) is 0 Å². The predicted molar refractivity (Wildman–Crippen MR) is 54.9 cm³/mol. The highest BCUT2D eigenvalue weighted by molar-refractivity contribution is 8.07. The van der Waals surface area contributed by atoms with Crippen molar-refractivity contribution in [2.45, 2.75) is 0 Å². The molecule has 0 atom stereocenters. The summed E-state index contributed by atoms with van der Waals surface area (Å²) in [5, 5.41) is 10.3. The van der Waals surface area contributed by atoms with Crippen LogP contribution in [0, 0.1) is 10.1 Å². The van der Waals surface area contributed by atoms with Gasteiger partial charge in [-0.1, -0.05) is 30.3 Å². The van der Waals surface area contributed by atoms with Crippen molar-refractivity contribution < 1.29 is 4.92 Å². The lowest BCUT2D eigenvalue weighted by Gasteiger charge is -1.99. The average molecular weight is 195 g/mol. The molecule has 0 N–H and O–H groups in total. The molecule has 4 heteroatoms. The summed E-state index contributed by atoms with van der Waals surface area (Å²) in [6.45, 7) is 0. The van der Waals surface area contributed by atoms with Gasteiger partial charge in [0.25, 0.3) is 0 Å². The Morgan fingerprint density at radius 1 is 1.46 bits per heavy atom. The SMILES string of the molecule is CS/C(=C\[N+](=O)[O-])c1ccccc1. The summed E-state index contributed by atoms with van der Waals surface area (Å²) in [5.74, 6) is 0. The van der Waals surface area contributed by atoms with E-state index in [1.807, 2.05) is 36.6 Å². The highest BCUT2D eigenvalue weighted by Crippen LogP contribution is 2.24. The Balaban J connectivity index is 2.98. The zero-order valence-corrected chi connectivity index (χ0v) is 7.95. The fourth-order valence-corrected chi connectivity index (χ4v) is 1.51. The largest absolute Gasteiger partial charge is 0.259 e. The van der Waals surface area contributed by atoms with Crippen molar-refractivity contribution in [3.63, 3.8) is 0 Å². The zero-order valence-electron chi connectivity index (χ0n) is 7.14. The van der Waals surface area contributed by atoms with E-state index in [1.165, 1.54) is 11.8 Å². The molecule has 0 aromatic heterocycles. The molecule has 3 nitrogen and oxygen atoms in total. The smallest absolute Gasteiger partial charge is 0.248 e. The number of nitrogens with zero attached hydrogens (tertiary/aromatic N) is 1. The van der Waals surface area contributed by atoms with Gasteiger partial charge in [-0.3, -0.25) is 10.1 Å². The van der Waals surface area contributed by atoms with Crippen LogP contribution < -0.4 is 0 Å². The van der Waals surface area contributed by atoms with E-state index in [1.54, 1.807) is 0 Å². The van der Waals surface area contributed by atoms with E-state index in [0.717, 1.165) is 11.8 Å². The third kappa shape index (κ3) is 2.91. The number of hydrogen-bond donors (Lipinski definition) is 0. The molecular weight excluding hydrogens is 186 g/mol. The van der Waals surface area contributed by atoms with E-state index in [4.69, 9.17) is 0 Å². The molecular formula is C9H9NO2S. The molecule has 0 saturated heterocycles. The van der Waals surface area contributed by atoms with Crippen LogP contribution in [0.4, 0.5) is 0 Å². The van der Waals surface area contributed by atoms with Crippen LogP contribution >= 0.6 is 11.8 Å². The molecule has 0 aliphatic rings. The Morgan fingerprint density at radius 2 is 2.08 bits per heavy atom. The van der Waals surface area contributed by atoms with E-state index in [-0.39, 0.29) is 0 Å². The van der Waals surface area contributed by atoms with Crippen LogP contribution in [0.1, 0.15) is 5.56 Å². The molecule has 68 valence electrons. The standard InChI is InChI=1S/C9H9NO2S/c1-13-9(7-10(11)12)8-5-3-2-4-6-8/h2-7H,1H3/b9-7-. The van der Waals surface area contributed by atoms with Crippen molar-refractivity contribution in [1.82, 2.24) is 0 Å². The Kier molecular flexibility index (Phi) is 3.52. The van der Waals surface area contributed by atoms with Crippen molar-refractivity contribution >= 4 is 16.7 Å². The first-order valence-electron chi connectivity index (χ1n) is 3.69. The summed E-state index contributed by atoms with van der Waals surface area (Å²) in [7, 11) is 0. The predicted octanol–water partition coefficient (Wildman–Crippen LogP) is 2.62. The molecule has 0 bridgehead atoms. The molecule has 0 aliphatic carbocycles. The maximum absolute atomic E-state index is 10.3. The Morgan fingerprint density at radius 3 is 2.54 bits per heavy atom. The number of benzene rings is 1. The molecule has 0 aliphatic heterocycles. The molecule has 0 radical (unpaired) electrons. The summed E-state index contributed by atoms with van der Waals surface area (Å²) in [6.07, 6.45) is 2.85. The molecule has 0 amide bonds. The van der Waals surface area contributed by atoms with Crippen molar-refractivity contribution in [3.05, 3.63) is 52.2 Å². The van der Waals surface area contributed by atoms with Crippen LogP contribution in [-0.4, -0.2) is 11.2 Å². The maximum atomic E-state index is 10.3. The minimum atomic E-state index is -0.432. The van der Waals surface area contributed by atoms with Gasteiger partial charge in [-0.05, 0) is 11.8 Å². The van der Waals surface area contributed by atoms with E-state index in [2.05, 4.69) is 0 Å². The van der Waals surface area contributed by atoms with Gasteiger partial charge in [0.1, 0.15) is 0 Å². The summed E-state index contributed by atoms with van der Waals surface area (Å²) in [5.41, 5.74) is 0.881. The molecule has 13 heavy (non-hydrogen) atoms. The monoisotopic (exact) mass is 195 g/mol. The highest BCUT2D eigenvalue weighted by Gasteiger charge is 2.03. The molecule has 0 heterocycles. The minimum Gasteiger partial charge on any atom is -0.259 e. The lowest BCUT2D eigenvalue weighted by atomic mass is 10.2. The normalized spacial score (nSPS) is 11.3. The second-order valence-electron chi connectivity index (χ2n) is 2.35. The van der Waals surface area contributed by atoms with E-state index < -0.39 is 4.92 Å². The van der Waals surface area contributed by atoms with Gasteiger partial charge in [-0.25, -0.2) is 0 Å². The molecule has 0 fully saturated rings. The zero-order chi connectivity index (χ0) is 9.68. The first-order chi connectivity index (χ1) is 6.24. The quantitative estimate of drug-likeness (QED) is 0.550. The number of thioether (sulfide) groups is 1. The van der Waals surface area contributed by atoms with Crippen molar-refractivity contribution in [2.75, 3.05) is 6.26 Å². The van der Waals surface area contributed by atoms with Gasteiger partial charge < -0.3 is 0 Å². The average Bonchev–Trinajstić information content (AvgIpc) is 2.15. The maximum Gasteiger partial charge on any atom is 0.248 e.